The zero-order valence-corrected chi connectivity index (χ0v) is 14.4. The summed E-state index contributed by atoms with van der Waals surface area (Å²) in [5.41, 5.74) is 1.16. The monoisotopic (exact) mass is 299 g/mol. The van der Waals surface area contributed by atoms with E-state index in [4.69, 9.17) is 11.6 Å². The summed E-state index contributed by atoms with van der Waals surface area (Å²) in [6.45, 7) is 11.9. The molecule has 3 nitrogen and oxygen atoms in total. The van der Waals surface area contributed by atoms with Crippen molar-refractivity contribution < 1.29 is 0 Å². The maximum atomic E-state index is 6.44. The molecule has 0 amide bonds. The molecule has 20 heavy (non-hydrogen) atoms. The molecule has 0 fully saturated rings. The summed E-state index contributed by atoms with van der Waals surface area (Å²) in [5, 5.41) is 8.90. The van der Waals surface area contributed by atoms with Crippen LogP contribution < -0.4 is 5.32 Å². The van der Waals surface area contributed by atoms with Gasteiger partial charge < -0.3 is 5.32 Å². The lowest BCUT2D eigenvalue weighted by molar-refractivity contribution is 0.299. The summed E-state index contributed by atoms with van der Waals surface area (Å²) in [5.74, 6) is 0.622. The van der Waals surface area contributed by atoms with E-state index >= 15 is 0 Å². The quantitative estimate of drug-likeness (QED) is 0.696. The molecular formula is C16H30ClN3. The minimum absolute atomic E-state index is 0.303. The van der Waals surface area contributed by atoms with Gasteiger partial charge in [-0.3, -0.25) is 4.68 Å². The Morgan fingerprint density at radius 1 is 1.20 bits per heavy atom. The lowest BCUT2D eigenvalue weighted by Gasteiger charge is -2.29. The molecule has 1 atom stereocenters. The van der Waals surface area contributed by atoms with Crippen LogP contribution in [0.1, 0.15) is 78.1 Å². The fourth-order valence-electron chi connectivity index (χ4n) is 2.98. The van der Waals surface area contributed by atoms with Crippen LogP contribution in [0.5, 0.6) is 0 Å². The Balaban J connectivity index is 3.13. The van der Waals surface area contributed by atoms with Gasteiger partial charge >= 0.3 is 0 Å². The third-order valence-electron chi connectivity index (χ3n) is 3.79. The van der Waals surface area contributed by atoms with Crippen molar-refractivity contribution in [2.45, 2.75) is 72.4 Å². The van der Waals surface area contributed by atoms with Gasteiger partial charge in [0.05, 0.1) is 23.0 Å². The highest BCUT2D eigenvalue weighted by molar-refractivity contribution is 6.31. The van der Waals surface area contributed by atoms with Crippen molar-refractivity contribution in [1.82, 2.24) is 15.1 Å². The van der Waals surface area contributed by atoms with Gasteiger partial charge in [-0.2, -0.15) is 5.10 Å². The number of hydrogen-bond donors (Lipinski definition) is 1. The third kappa shape index (κ3) is 4.23. The minimum Gasteiger partial charge on any atom is -0.309 e. The molecule has 0 spiro atoms. The van der Waals surface area contributed by atoms with Gasteiger partial charge in [-0.05, 0) is 39.2 Å². The van der Waals surface area contributed by atoms with Crippen LogP contribution in [0.15, 0.2) is 6.20 Å². The van der Waals surface area contributed by atoms with Crippen molar-refractivity contribution in [3.8, 4) is 0 Å². The van der Waals surface area contributed by atoms with Crippen LogP contribution >= 0.6 is 11.6 Å². The Kier molecular flexibility index (Phi) is 7.60. The van der Waals surface area contributed by atoms with Gasteiger partial charge in [-0.1, -0.05) is 45.2 Å². The molecule has 1 aromatic heterocycles. The molecule has 4 heteroatoms. The topological polar surface area (TPSA) is 29.9 Å². The average molecular weight is 300 g/mol. The van der Waals surface area contributed by atoms with Gasteiger partial charge in [-0.25, -0.2) is 0 Å². The SMILES string of the molecule is CCCC(CCC)C(NCC)c1c(Cl)cnn1C(C)C. The Hall–Kier alpha value is -0.540. The Bertz CT molecular complexity index is 381. The van der Waals surface area contributed by atoms with Gasteiger partial charge in [0, 0.05) is 6.04 Å². The van der Waals surface area contributed by atoms with E-state index in [9.17, 15) is 0 Å². The lowest BCUT2D eigenvalue weighted by Crippen LogP contribution is -2.31. The number of rotatable bonds is 9. The maximum Gasteiger partial charge on any atom is 0.0834 e. The predicted octanol–water partition coefficient (Wildman–Crippen LogP) is 4.98. The normalized spacial score (nSPS) is 13.4. The molecule has 0 aliphatic rings. The van der Waals surface area contributed by atoms with E-state index in [2.05, 4.69) is 49.7 Å². The molecule has 0 aromatic carbocycles. The molecule has 1 heterocycles. The highest BCUT2D eigenvalue weighted by Crippen LogP contribution is 2.34. The van der Waals surface area contributed by atoms with Crippen LogP contribution in [0.3, 0.4) is 0 Å². The summed E-state index contributed by atoms with van der Waals surface area (Å²) < 4.78 is 2.08. The molecule has 0 saturated heterocycles. The summed E-state index contributed by atoms with van der Waals surface area (Å²) in [4.78, 5) is 0. The van der Waals surface area contributed by atoms with Gasteiger partial charge in [0.1, 0.15) is 0 Å². The second-order valence-electron chi connectivity index (χ2n) is 5.79. The molecule has 0 aliphatic heterocycles. The lowest BCUT2D eigenvalue weighted by atomic mass is 9.88. The molecule has 1 N–H and O–H groups in total. The number of halogens is 1. The molecule has 0 bridgehead atoms. The van der Waals surface area contributed by atoms with E-state index in [1.54, 1.807) is 6.20 Å². The van der Waals surface area contributed by atoms with Gasteiger partial charge in [0.15, 0.2) is 0 Å². The van der Waals surface area contributed by atoms with Crippen molar-refractivity contribution in [2.75, 3.05) is 6.54 Å². The van der Waals surface area contributed by atoms with E-state index in [1.807, 2.05) is 0 Å². The van der Waals surface area contributed by atoms with Crippen LogP contribution in [0.4, 0.5) is 0 Å². The number of nitrogens with one attached hydrogen (secondary N) is 1. The highest BCUT2D eigenvalue weighted by Gasteiger charge is 2.27. The molecule has 0 saturated carbocycles. The third-order valence-corrected chi connectivity index (χ3v) is 4.08. The van der Waals surface area contributed by atoms with Crippen LogP contribution in [0, 0.1) is 5.92 Å². The number of hydrogen-bond acceptors (Lipinski definition) is 2. The maximum absolute atomic E-state index is 6.44. The number of aromatic nitrogens is 2. The standard InChI is InChI=1S/C16H30ClN3/c1-6-9-13(10-7-2)15(18-8-3)16-14(17)11-19-20(16)12(4)5/h11-13,15,18H,6-10H2,1-5H3. The van der Waals surface area contributed by atoms with Crippen molar-refractivity contribution in [3.05, 3.63) is 16.9 Å². The fraction of sp³-hybridized carbons (Fsp3) is 0.812. The summed E-state index contributed by atoms with van der Waals surface area (Å²) >= 11 is 6.44. The van der Waals surface area contributed by atoms with Gasteiger partial charge in [0.2, 0.25) is 0 Å². The van der Waals surface area contributed by atoms with E-state index < -0.39 is 0 Å². The first-order chi connectivity index (χ1) is 9.56. The van der Waals surface area contributed by atoms with E-state index in [0.29, 0.717) is 18.0 Å². The van der Waals surface area contributed by atoms with Crippen LogP contribution in [0.2, 0.25) is 5.02 Å². The zero-order valence-electron chi connectivity index (χ0n) is 13.6. The molecule has 0 radical (unpaired) electrons. The fourth-order valence-corrected chi connectivity index (χ4v) is 3.23. The van der Waals surface area contributed by atoms with Crippen molar-refractivity contribution in [1.29, 1.82) is 0 Å². The van der Waals surface area contributed by atoms with Crippen molar-refractivity contribution in [2.24, 2.45) is 5.92 Å². The predicted molar refractivity (Wildman–Crippen MR) is 87.3 cm³/mol. The van der Waals surface area contributed by atoms with Gasteiger partial charge in [0.25, 0.3) is 0 Å². The van der Waals surface area contributed by atoms with Crippen molar-refractivity contribution >= 4 is 11.6 Å². The Morgan fingerprint density at radius 3 is 2.25 bits per heavy atom. The van der Waals surface area contributed by atoms with Crippen LogP contribution in [-0.2, 0) is 0 Å². The first-order valence-electron chi connectivity index (χ1n) is 8.02. The molecular weight excluding hydrogens is 270 g/mol. The zero-order chi connectivity index (χ0) is 15.1. The van der Waals surface area contributed by atoms with E-state index in [-0.39, 0.29) is 0 Å². The second-order valence-corrected chi connectivity index (χ2v) is 6.20. The molecule has 1 rings (SSSR count). The summed E-state index contributed by atoms with van der Waals surface area (Å²) in [6.07, 6.45) is 6.66. The largest absolute Gasteiger partial charge is 0.309 e. The van der Waals surface area contributed by atoms with Crippen molar-refractivity contribution in [3.63, 3.8) is 0 Å². The summed E-state index contributed by atoms with van der Waals surface area (Å²) in [7, 11) is 0. The van der Waals surface area contributed by atoms with Gasteiger partial charge in [-0.15, -0.1) is 0 Å². The second kappa shape index (κ2) is 8.68. The molecule has 1 aromatic rings. The first kappa shape index (κ1) is 17.5. The molecule has 1 unspecified atom stereocenters. The van der Waals surface area contributed by atoms with E-state index in [1.165, 1.54) is 25.7 Å². The average Bonchev–Trinajstić information content (AvgIpc) is 2.78. The first-order valence-corrected chi connectivity index (χ1v) is 8.40. The Labute approximate surface area is 129 Å². The minimum atomic E-state index is 0.303. The molecule has 116 valence electrons. The highest BCUT2D eigenvalue weighted by atomic mass is 35.5. The van der Waals surface area contributed by atoms with Crippen LogP contribution in [-0.4, -0.2) is 16.3 Å². The molecule has 0 aliphatic carbocycles. The van der Waals surface area contributed by atoms with Crippen LogP contribution in [0.25, 0.3) is 0 Å². The summed E-state index contributed by atoms with van der Waals surface area (Å²) in [6, 6.07) is 0.639. The Morgan fingerprint density at radius 2 is 1.80 bits per heavy atom. The smallest absolute Gasteiger partial charge is 0.0834 e. The number of nitrogens with zero attached hydrogens (tertiary/aromatic N) is 2. The van der Waals surface area contributed by atoms with E-state index in [0.717, 1.165) is 17.3 Å².